The predicted molar refractivity (Wildman–Crippen MR) is 113 cm³/mol. The molecule has 0 saturated carbocycles. The van der Waals surface area contributed by atoms with Crippen LogP contribution in [0.2, 0.25) is 0 Å². The Hall–Kier alpha value is -2.73. The average molecular weight is 506 g/mol. The number of fused-ring (bicyclic) bond motifs is 1. The summed E-state index contributed by atoms with van der Waals surface area (Å²) in [5.41, 5.74) is -5.31. The van der Waals surface area contributed by atoms with Gasteiger partial charge in [-0.2, -0.15) is 26.3 Å². The summed E-state index contributed by atoms with van der Waals surface area (Å²) in [6.07, 6.45) is -11.5. The summed E-state index contributed by atoms with van der Waals surface area (Å²) in [4.78, 5) is 4.59. The molecule has 1 saturated heterocycles. The molecule has 12 heteroatoms. The molecule has 0 amide bonds. The normalized spacial score (nSPS) is 16.9. The van der Waals surface area contributed by atoms with Crippen LogP contribution in [0.25, 0.3) is 10.9 Å². The molecule has 184 valence electrons. The van der Waals surface area contributed by atoms with Gasteiger partial charge in [0.15, 0.2) is 9.84 Å². The minimum atomic E-state index is -5.96. The first kappa shape index (κ1) is 24.4. The predicted octanol–water partition coefficient (Wildman–Crippen LogP) is 4.92. The van der Waals surface area contributed by atoms with Crippen LogP contribution in [0.5, 0.6) is 0 Å². The summed E-state index contributed by atoms with van der Waals surface area (Å²) in [5, 5.41) is 9.69. The van der Waals surface area contributed by atoms with Gasteiger partial charge in [0, 0.05) is 35.2 Å². The second-order valence-electron chi connectivity index (χ2n) is 8.21. The molecule has 0 atom stereocenters. The van der Waals surface area contributed by atoms with Crippen LogP contribution in [0.1, 0.15) is 18.4 Å². The van der Waals surface area contributed by atoms with Crippen molar-refractivity contribution < 1.29 is 39.9 Å². The Balaban J connectivity index is 1.49. The molecule has 1 aliphatic rings. The summed E-state index contributed by atoms with van der Waals surface area (Å²) in [5.74, 6) is 0. The number of hydrogen-bond acceptors (Lipinski definition) is 4. The van der Waals surface area contributed by atoms with E-state index < -0.39 is 38.6 Å². The molecular formula is C22H20F6N2O3S. The van der Waals surface area contributed by atoms with E-state index in [-0.39, 0.29) is 31.0 Å². The maximum Gasteiger partial charge on any atom is 0.430 e. The number of aromatic nitrogens is 1. The summed E-state index contributed by atoms with van der Waals surface area (Å²) >= 11 is 0. The van der Waals surface area contributed by atoms with Crippen LogP contribution in [0, 0.1) is 0 Å². The van der Waals surface area contributed by atoms with Gasteiger partial charge in [-0.1, -0.05) is 30.3 Å². The summed E-state index contributed by atoms with van der Waals surface area (Å²) in [7, 11) is -3.65. The number of H-pyrrole nitrogens is 1. The zero-order valence-electron chi connectivity index (χ0n) is 17.5. The van der Waals surface area contributed by atoms with E-state index in [0.29, 0.717) is 23.3 Å². The van der Waals surface area contributed by atoms with Gasteiger partial charge >= 0.3 is 12.4 Å². The van der Waals surface area contributed by atoms with Gasteiger partial charge in [0.25, 0.3) is 5.60 Å². The molecule has 0 aliphatic carbocycles. The lowest BCUT2D eigenvalue weighted by molar-refractivity contribution is -0.376. The number of nitrogens with one attached hydrogen (secondary N) is 1. The van der Waals surface area contributed by atoms with E-state index in [1.165, 1.54) is 0 Å². The van der Waals surface area contributed by atoms with Gasteiger partial charge in [0.2, 0.25) is 0 Å². The monoisotopic (exact) mass is 506 g/mol. The molecule has 0 bridgehead atoms. The van der Waals surface area contributed by atoms with Gasteiger partial charge in [-0.05, 0) is 37.1 Å². The Morgan fingerprint density at radius 1 is 0.882 bits per heavy atom. The van der Waals surface area contributed by atoms with Gasteiger partial charge in [-0.25, -0.2) is 8.42 Å². The van der Waals surface area contributed by atoms with E-state index in [0.717, 1.165) is 17.5 Å². The lowest BCUT2D eigenvalue weighted by Crippen LogP contribution is -2.53. The number of nitrogens with zero attached hydrogens (tertiary/aromatic N) is 1. The van der Waals surface area contributed by atoms with Gasteiger partial charge in [0.05, 0.1) is 5.25 Å². The Kier molecular flexibility index (Phi) is 5.88. The molecule has 2 heterocycles. The second-order valence-corrected chi connectivity index (χ2v) is 10.4. The number of benzene rings is 2. The van der Waals surface area contributed by atoms with E-state index in [2.05, 4.69) is 4.98 Å². The number of halogens is 6. The molecule has 1 aromatic heterocycles. The summed E-state index contributed by atoms with van der Waals surface area (Å²) in [6.45, 7) is 0.485. The number of hydrogen-bond donors (Lipinski definition) is 2. The van der Waals surface area contributed by atoms with Crippen LogP contribution in [0.15, 0.2) is 59.6 Å². The highest BCUT2D eigenvalue weighted by Gasteiger charge is 2.71. The average Bonchev–Trinajstić information content (AvgIpc) is 3.22. The van der Waals surface area contributed by atoms with Gasteiger partial charge in [0.1, 0.15) is 5.03 Å². The lowest BCUT2D eigenvalue weighted by atomic mass is 9.92. The van der Waals surface area contributed by atoms with Crippen molar-refractivity contribution in [3.63, 3.8) is 0 Å². The maximum atomic E-state index is 13.1. The zero-order valence-corrected chi connectivity index (χ0v) is 18.3. The van der Waals surface area contributed by atoms with E-state index in [4.69, 9.17) is 0 Å². The maximum absolute atomic E-state index is 13.1. The Bertz CT molecular complexity index is 1230. The molecule has 0 radical (unpaired) electrons. The van der Waals surface area contributed by atoms with Crippen molar-refractivity contribution >= 4 is 26.4 Å². The highest BCUT2D eigenvalue weighted by molar-refractivity contribution is 7.92. The van der Waals surface area contributed by atoms with Crippen LogP contribution in [-0.2, 0) is 15.4 Å². The summed E-state index contributed by atoms with van der Waals surface area (Å²) in [6, 6.07) is 12.0. The Morgan fingerprint density at radius 3 is 1.97 bits per heavy atom. The van der Waals surface area contributed by atoms with Crippen molar-refractivity contribution in [2.45, 2.75) is 41.1 Å². The van der Waals surface area contributed by atoms with Gasteiger partial charge < -0.3 is 15.0 Å². The van der Waals surface area contributed by atoms with E-state index in [1.807, 2.05) is 0 Å². The van der Waals surface area contributed by atoms with Crippen molar-refractivity contribution in [3.05, 3.63) is 60.2 Å². The standard InChI is InChI=1S/C22H20F6N2O3S/c23-21(24,25)20(31,22(26,27)28)15-5-7-16(8-6-15)30-11-9-17(10-12-30)34(32,33)19-13-14-3-1-2-4-18(14)29-19/h1-8,13,17,29,31H,9-12H2. The third-order valence-corrected chi connectivity index (χ3v) is 8.35. The molecule has 5 nitrogen and oxygen atoms in total. The molecule has 34 heavy (non-hydrogen) atoms. The number of anilines is 1. The van der Waals surface area contributed by atoms with Crippen LogP contribution in [-0.4, -0.2) is 49.2 Å². The zero-order chi connectivity index (χ0) is 24.9. The first-order chi connectivity index (χ1) is 15.7. The SMILES string of the molecule is O=S(=O)(c1cc2ccccc2[nH]1)C1CCN(c2ccc(C(O)(C(F)(F)F)C(F)(F)F)cc2)CC1. The van der Waals surface area contributed by atoms with Crippen LogP contribution in [0.4, 0.5) is 32.0 Å². The van der Waals surface area contributed by atoms with Crippen molar-refractivity contribution in [2.75, 3.05) is 18.0 Å². The molecule has 0 unspecified atom stereocenters. The van der Waals surface area contributed by atoms with Crippen molar-refractivity contribution in [3.8, 4) is 0 Å². The van der Waals surface area contributed by atoms with Gasteiger partial charge in [-0.3, -0.25) is 0 Å². The molecule has 4 rings (SSSR count). The number of aliphatic hydroxyl groups is 1. The number of aromatic amines is 1. The fourth-order valence-corrected chi connectivity index (χ4v) is 5.94. The molecular weight excluding hydrogens is 486 g/mol. The quantitative estimate of drug-likeness (QED) is 0.493. The van der Waals surface area contributed by atoms with Gasteiger partial charge in [-0.15, -0.1) is 0 Å². The number of piperidine rings is 1. The van der Waals surface area contributed by atoms with E-state index >= 15 is 0 Å². The van der Waals surface area contributed by atoms with E-state index in [9.17, 15) is 39.9 Å². The highest BCUT2D eigenvalue weighted by atomic mass is 32.2. The molecule has 1 fully saturated rings. The Labute approximate surface area is 190 Å². The van der Waals surface area contributed by atoms with Crippen LogP contribution < -0.4 is 4.90 Å². The highest BCUT2D eigenvalue weighted by Crippen LogP contribution is 2.50. The smallest absolute Gasteiger partial charge is 0.371 e. The molecule has 2 N–H and O–H groups in total. The number of alkyl halides is 6. The lowest BCUT2D eigenvalue weighted by Gasteiger charge is -2.35. The van der Waals surface area contributed by atoms with Crippen LogP contribution >= 0.6 is 0 Å². The first-order valence-corrected chi connectivity index (χ1v) is 11.8. The molecule has 0 spiro atoms. The molecule has 3 aromatic rings. The number of para-hydroxylation sites is 1. The molecule has 1 aliphatic heterocycles. The number of sulfone groups is 1. The Morgan fingerprint density at radius 2 is 1.44 bits per heavy atom. The third-order valence-electron chi connectivity index (χ3n) is 6.16. The first-order valence-electron chi connectivity index (χ1n) is 10.3. The van der Waals surface area contributed by atoms with Crippen molar-refractivity contribution in [2.24, 2.45) is 0 Å². The third kappa shape index (κ3) is 4.02. The minimum absolute atomic E-state index is 0.107. The largest absolute Gasteiger partial charge is 0.430 e. The van der Waals surface area contributed by atoms with Crippen molar-refractivity contribution in [1.82, 2.24) is 4.98 Å². The molecule has 2 aromatic carbocycles. The second kappa shape index (κ2) is 8.19. The van der Waals surface area contributed by atoms with Crippen molar-refractivity contribution in [1.29, 1.82) is 0 Å². The summed E-state index contributed by atoms with van der Waals surface area (Å²) < 4.78 is 104. The minimum Gasteiger partial charge on any atom is -0.371 e. The topological polar surface area (TPSA) is 73.4 Å². The van der Waals surface area contributed by atoms with Crippen LogP contribution in [0.3, 0.4) is 0 Å². The fraction of sp³-hybridized carbons (Fsp3) is 0.364. The van der Waals surface area contributed by atoms with E-state index in [1.54, 1.807) is 35.2 Å². The fourth-order valence-electron chi connectivity index (χ4n) is 4.21. The number of rotatable bonds is 4.